The lowest BCUT2D eigenvalue weighted by Gasteiger charge is -2.31. The average Bonchev–Trinajstić information content (AvgIpc) is 2.78. The Bertz CT molecular complexity index is 881. The molecule has 0 aromatic heterocycles. The summed E-state index contributed by atoms with van der Waals surface area (Å²) in [6, 6.07) is 13.9. The van der Waals surface area contributed by atoms with Gasteiger partial charge in [-0.25, -0.2) is 4.39 Å². The van der Waals surface area contributed by atoms with Crippen LogP contribution in [0.15, 0.2) is 53.4 Å². The van der Waals surface area contributed by atoms with Crippen molar-refractivity contribution < 1.29 is 14.0 Å². The summed E-state index contributed by atoms with van der Waals surface area (Å²) in [5.41, 5.74) is 1.57. The van der Waals surface area contributed by atoms with E-state index in [-0.39, 0.29) is 36.0 Å². The van der Waals surface area contributed by atoms with Gasteiger partial charge in [0.25, 0.3) is 0 Å². The fraction of sp³-hybridized carbons (Fsp3) is 0.440. The second-order valence-corrected chi connectivity index (χ2v) is 9.28. The van der Waals surface area contributed by atoms with Gasteiger partial charge < -0.3 is 10.2 Å². The van der Waals surface area contributed by atoms with Gasteiger partial charge in [-0.2, -0.15) is 0 Å². The minimum atomic E-state index is -0.673. The summed E-state index contributed by atoms with van der Waals surface area (Å²) in [5, 5.41) is 3.10. The maximum atomic E-state index is 14.3. The van der Waals surface area contributed by atoms with E-state index in [9.17, 15) is 14.0 Å². The Hall–Kier alpha value is -2.34. The molecule has 0 heterocycles. The average molecular weight is 443 g/mol. The van der Waals surface area contributed by atoms with Crippen LogP contribution in [0, 0.1) is 12.7 Å². The van der Waals surface area contributed by atoms with Crippen LogP contribution in [0.3, 0.4) is 0 Å². The molecule has 31 heavy (non-hydrogen) atoms. The Balaban J connectivity index is 1.71. The van der Waals surface area contributed by atoms with Crippen LogP contribution in [0.4, 0.5) is 4.39 Å². The summed E-state index contributed by atoms with van der Waals surface area (Å²) in [7, 11) is 0. The predicted octanol–water partition coefficient (Wildman–Crippen LogP) is 5.09. The van der Waals surface area contributed by atoms with Crippen LogP contribution in [-0.2, 0) is 16.1 Å². The van der Waals surface area contributed by atoms with Crippen LogP contribution in [0.25, 0.3) is 0 Å². The fourth-order valence-corrected chi connectivity index (χ4v) is 4.61. The van der Waals surface area contributed by atoms with Crippen molar-refractivity contribution in [1.82, 2.24) is 10.2 Å². The van der Waals surface area contributed by atoms with Crippen LogP contribution >= 0.6 is 11.8 Å². The molecule has 1 aliphatic rings. The Labute approximate surface area is 188 Å². The van der Waals surface area contributed by atoms with Crippen LogP contribution in [0.2, 0.25) is 0 Å². The molecule has 0 saturated heterocycles. The Kier molecular flexibility index (Phi) is 8.52. The van der Waals surface area contributed by atoms with Crippen molar-refractivity contribution in [3.05, 3.63) is 65.5 Å². The molecule has 1 atom stereocenters. The van der Waals surface area contributed by atoms with Crippen molar-refractivity contribution in [3.8, 4) is 0 Å². The molecule has 2 aromatic rings. The standard InChI is InChI=1S/C25H31FN2O2S/c1-18-12-14-22(15-13-18)31-17-24(29)28(16-20-8-6-7-11-23(20)26)19(2)25(30)27-21-9-4-3-5-10-21/h6-8,11-15,19,21H,3-5,9-10,16-17H2,1-2H3,(H,27,30). The second kappa shape index (κ2) is 11.3. The lowest BCUT2D eigenvalue weighted by atomic mass is 9.95. The topological polar surface area (TPSA) is 49.4 Å². The first-order chi connectivity index (χ1) is 14.9. The number of carbonyl (C=O) groups is 2. The molecule has 6 heteroatoms. The van der Waals surface area contributed by atoms with Gasteiger partial charge in [0.05, 0.1) is 5.75 Å². The zero-order chi connectivity index (χ0) is 22.2. The highest BCUT2D eigenvalue weighted by molar-refractivity contribution is 8.00. The van der Waals surface area contributed by atoms with E-state index < -0.39 is 6.04 Å². The van der Waals surface area contributed by atoms with Gasteiger partial charge in [-0.1, -0.05) is 55.2 Å². The number of amides is 2. The Morgan fingerprint density at radius 3 is 2.45 bits per heavy atom. The van der Waals surface area contributed by atoms with Gasteiger partial charge >= 0.3 is 0 Å². The summed E-state index contributed by atoms with van der Waals surface area (Å²) in [6.07, 6.45) is 5.39. The molecule has 3 rings (SSSR count). The summed E-state index contributed by atoms with van der Waals surface area (Å²) in [5.74, 6) is -0.526. The first-order valence-corrected chi connectivity index (χ1v) is 12.0. The Morgan fingerprint density at radius 1 is 1.10 bits per heavy atom. The van der Waals surface area contributed by atoms with Crippen molar-refractivity contribution >= 4 is 23.6 Å². The third-order valence-corrected chi connectivity index (χ3v) is 6.80. The first kappa shape index (κ1) is 23.3. The quantitative estimate of drug-likeness (QED) is 0.579. The van der Waals surface area contributed by atoms with Crippen molar-refractivity contribution in [2.45, 2.75) is 69.5 Å². The maximum Gasteiger partial charge on any atom is 0.242 e. The number of thioether (sulfide) groups is 1. The number of halogens is 1. The molecule has 1 fully saturated rings. The van der Waals surface area contributed by atoms with Crippen LogP contribution < -0.4 is 5.32 Å². The van der Waals surface area contributed by atoms with Crippen molar-refractivity contribution in [2.75, 3.05) is 5.75 Å². The van der Waals surface area contributed by atoms with Crippen molar-refractivity contribution in [3.63, 3.8) is 0 Å². The van der Waals surface area contributed by atoms with Gasteiger partial charge in [0.2, 0.25) is 11.8 Å². The highest BCUT2D eigenvalue weighted by atomic mass is 32.2. The van der Waals surface area contributed by atoms with E-state index in [1.54, 1.807) is 25.1 Å². The van der Waals surface area contributed by atoms with E-state index in [1.807, 2.05) is 31.2 Å². The zero-order valence-corrected chi connectivity index (χ0v) is 19.1. The van der Waals surface area contributed by atoms with E-state index in [0.29, 0.717) is 5.56 Å². The number of nitrogens with zero attached hydrogens (tertiary/aromatic N) is 1. The van der Waals surface area contributed by atoms with Crippen LogP contribution in [-0.4, -0.2) is 34.6 Å². The molecule has 0 spiro atoms. The number of rotatable bonds is 8. The van der Waals surface area contributed by atoms with Gasteiger partial charge in [0.15, 0.2) is 0 Å². The van der Waals surface area contributed by atoms with Gasteiger partial charge in [-0.15, -0.1) is 11.8 Å². The zero-order valence-electron chi connectivity index (χ0n) is 18.3. The normalized spacial score (nSPS) is 15.3. The third kappa shape index (κ3) is 6.82. The highest BCUT2D eigenvalue weighted by Crippen LogP contribution is 2.22. The first-order valence-electron chi connectivity index (χ1n) is 11.0. The summed E-state index contributed by atoms with van der Waals surface area (Å²) >= 11 is 1.43. The van der Waals surface area contributed by atoms with Crippen molar-refractivity contribution in [2.24, 2.45) is 0 Å². The molecule has 0 bridgehead atoms. The number of hydrogen-bond donors (Lipinski definition) is 1. The lowest BCUT2D eigenvalue weighted by Crippen LogP contribution is -2.50. The molecular formula is C25H31FN2O2S. The number of aryl methyl sites for hydroxylation is 1. The number of nitrogens with one attached hydrogen (secondary N) is 1. The summed E-state index contributed by atoms with van der Waals surface area (Å²) in [6.45, 7) is 3.81. The third-order valence-electron chi connectivity index (χ3n) is 5.80. The van der Waals surface area contributed by atoms with E-state index >= 15 is 0 Å². The highest BCUT2D eigenvalue weighted by Gasteiger charge is 2.28. The van der Waals surface area contributed by atoms with Crippen molar-refractivity contribution in [1.29, 1.82) is 0 Å². The molecule has 1 N–H and O–H groups in total. The van der Waals surface area contributed by atoms with E-state index in [0.717, 1.165) is 36.1 Å². The Morgan fingerprint density at radius 2 is 1.77 bits per heavy atom. The van der Waals surface area contributed by atoms with Gasteiger partial charge in [-0.3, -0.25) is 9.59 Å². The smallest absolute Gasteiger partial charge is 0.242 e. The van der Waals surface area contributed by atoms with E-state index in [4.69, 9.17) is 0 Å². The molecule has 4 nitrogen and oxygen atoms in total. The molecule has 0 aliphatic heterocycles. The number of carbonyl (C=O) groups excluding carboxylic acids is 2. The largest absolute Gasteiger partial charge is 0.352 e. The molecule has 1 aliphatic carbocycles. The van der Waals surface area contributed by atoms with E-state index in [2.05, 4.69) is 5.32 Å². The molecule has 0 radical (unpaired) electrons. The SMILES string of the molecule is Cc1ccc(SCC(=O)N(Cc2ccccc2F)C(C)C(=O)NC2CCCCC2)cc1. The van der Waals surface area contributed by atoms with E-state index in [1.165, 1.54) is 29.1 Å². The predicted molar refractivity (Wildman–Crippen MR) is 123 cm³/mol. The van der Waals surface area contributed by atoms with Crippen LogP contribution in [0.5, 0.6) is 0 Å². The summed E-state index contributed by atoms with van der Waals surface area (Å²) < 4.78 is 14.3. The lowest BCUT2D eigenvalue weighted by molar-refractivity contribution is -0.139. The van der Waals surface area contributed by atoms with Gasteiger partial charge in [-0.05, 0) is 44.9 Å². The van der Waals surface area contributed by atoms with Gasteiger partial charge in [0, 0.05) is 23.0 Å². The molecule has 1 unspecified atom stereocenters. The minimum Gasteiger partial charge on any atom is -0.352 e. The minimum absolute atomic E-state index is 0.0687. The van der Waals surface area contributed by atoms with Gasteiger partial charge in [0.1, 0.15) is 11.9 Å². The number of hydrogen-bond acceptors (Lipinski definition) is 3. The molecular weight excluding hydrogens is 411 g/mol. The number of benzene rings is 2. The maximum absolute atomic E-state index is 14.3. The molecule has 1 saturated carbocycles. The monoisotopic (exact) mass is 442 g/mol. The second-order valence-electron chi connectivity index (χ2n) is 8.23. The van der Waals surface area contributed by atoms with Crippen LogP contribution in [0.1, 0.15) is 50.2 Å². The molecule has 2 amide bonds. The molecule has 166 valence electrons. The fourth-order valence-electron chi connectivity index (χ4n) is 3.82. The summed E-state index contributed by atoms with van der Waals surface area (Å²) in [4.78, 5) is 28.6. The molecule has 2 aromatic carbocycles.